The van der Waals surface area contributed by atoms with Crippen molar-refractivity contribution in [2.24, 2.45) is 11.7 Å². The second kappa shape index (κ2) is 7.23. The molecule has 0 fully saturated rings. The van der Waals surface area contributed by atoms with Gasteiger partial charge >= 0.3 is 0 Å². The quantitative estimate of drug-likeness (QED) is 0.769. The van der Waals surface area contributed by atoms with E-state index < -0.39 is 10.0 Å². The van der Waals surface area contributed by atoms with Crippen molar-refractivity contribution in [3.8, 4) is 0 Å². The smallest absolute Gasteiger partial charge is 0.250 e. The van der Waals surface area contributed by atoms with E-state index in [2.05, 4.69) is 18.6 Å². The fraction of sp³-hybridized carbons (Fsp3) is 0.667. The number of hydrogen-bond donors (Lipinski definition) is 2. The molecule has 18 heavy (non-hydrogen) atoms. The van der Waals surface area contributed by atoms with Crippen LogP contribution in [-0.4, -0.2) is 21.5 Å². The summed E-state index contributed by atoms with van der Waals surface area (Å²) in [6.45, 7) is 5.21. The van der Waals surface area contributed by atoms with Gasteiger partial charge in [-0.1, -0.05) is 26.7 Å². The molecule has 0 amide bonds. The Morgan fingerprint density at radius 1 is 1.33 bits per heavy atom. The zero-order chi connectivity index (χ0) is 13.6. The number of nitrogens with one attached hydrogen (secondary N) is 1. The van der Waals surface area contributed by atoms with Crippen molar-refractivity contribution < 1.29 is 8.42 Å². The van der Waals surface area contributed by atoms with Crippen LogP contribution in [0.2, 0.25) is 0 Å². The fourth-order valence-corrected chi connectivity index (χ4v) is 4.19. The Bertz CT molecular complexity index is 450. The Labute approximate surface area is 114 Å². The van der Waals surface area contributed by atoms with Crippen molar-refractivity contribution in [3.05, 3.63) is 17.0 Å². The molecule has 1 aromatic heterocycles. The molecule has 1 rings (SSSR count). The van der Waals surface area contributed by atoms with Gasteiger partial charge in [0.05, 0.1) is 0 Å². The topological polar surface area (TPSA) is 72.2 Å². The molecule has 0 saturated heterocycles. The minimum atomic E-state index is -3.35. The summed E-state index contributed by atoms with van der Waals surface area (Å²) in [6, 6.07) is 3.49. The monoisotopic (exact) mass is 290 g/mol. The molecule has 104 valence electrons. The third kappa shape index (κ3) is 4.35. The standard InChI is InChI=1S/C12H22N2O2S2/c1-3-10(4-2)9-14-18(15,16)12-6-5-11(17-12)7-8-13/h5-6,10,14H,3-4,7-9,13H2,1-2H3. The summed E-state index contributed by atoms with van der Waals surface area (Å²) in [5.74, 6) is 0.406. The third-order valence-electron chi connectivity index (χ3n) is 3.01. The third-order valence-corrected chi connectivity index (χ3v) is 6.07. The Morgan fingerprint density at radius 3 is 2.56 bits per heavy atom. The number of rotatable bonds is 8. The van der Waals surface area contributed by atoms with Crippen LogP contribution in [0.5, 0.6) is 0 Å². The molecule has 6 heteroatoms. The summed E-state index contributed by atoms with van der Waals surface area (Å²) < 4.78 is 27.2. The zero-order valence-electron chi connectivity index (χ0n) is 11.0. The summed E-state index contributed by atoms with van der Waals surface area (Å²) in [7, 11) is -3.35. The molecule has 0 aliphatic rings. The summed E-state index contributed by atoms with van der Waals surface area (Å²) in [5, 5.41) is 0. The first kappa shape index (κ1) is 15.6. The van der Waals surface area contributed by atoms with Crippen LogP contribution in [0.15, 0.2) is 16.3 Å². The molecule has 0 aliphatic heterocycles. The Morgan fingerprint density at radius 2 is 2.00 bits per heavy atom. The van der Waals surface area contributed by atoms with Crippen LogP contribution in [0.3, 0.4) is 0 Å². The summed E-state index contributed by atoms with van der Waals surface area (Å²) >= 11 is 1.30. The normalized spacial score (nSPS) is 12.2. The van der Waals surface area contributed by atoms with Gasteiger partial charge in [0.15, 0.2) is 0 Å². The molecular weight excluding hydrogens is 268 g/mol. The lowest BCUT2D eigenvalue weighted by Crippen LogP contribution is -2.28. The van der Waals surface area contributed by atoms with E-state index in [1.54, 1.807) is 6.07 Å². The SMILES string of the molecule is CCC(CC)CNS(=O)(=O)c1ccc(CCN)s1. The van der Waals surface area contributed by atoms with Crippen LogP contribution in [0.4, 0.5) is 0 Å². The lowest BCUT2D eigenvalue weighted by Gasteiger charge is -2.12. The highest BCUT2D eigenvalue weighted by Gasteiger charge is 2.17. The molecule has 0 bridgehead atoms. The maximum Gasteiger partial charge on any atom is 0.250 e. The van der Waals surface area contributed by atoms with Gasteiger partial charge in [-0.25, -0.2) is 13.1 Å². The van der Waals surface area contributed by atoms with Gasteiger partial charge in [-0.05, 0) is 31.0 Å². The van der Waals surface area contributed by atoms with Crippen molar-refractivity contribution in [1.29, 1.82) is 0 Å². The number of sulfonamides is 1. The van der Waals surface area contributed by atoms with Gasteiger partial charge in [0, 0.05) is 11.4 Å². The van der Waals surface area contributed by atoms with E-state index in [4.69, 9.17) is 5.73 Å². The van der Waals surface area contributed by atoms with Gasteiger partial charge in [0.2, 0.25) is 10.0 Å². The molecule has 3 N–H and O–H groups in total. The van der Waals surface area contributed by atoms with Gasteiger partial charge < -0.3 is 5.73 Å². The van der Waals surface area contributed by atoms with E-state index in [0.29, 0.717) is 23.2 Å². The molecule has 0 radical (unpaired) electrons. The lowest BCUT2D eigenvalue weighted by atomic mass is 10.0. The number of nitrogens with two attached hydrogens (primary N) is 1. The molecule has 0 aromatic carbocycles. The van der Waals surface area contributed by atoms with Crippen LogP contribution in [0, 0.1) is 5.92 Å². The van der Waals surface area contributed by atoms with E-state index in [0.717, 1.165) is 24.1 Å². The van der Waals surface area contributed by atoms with E-state index in [-0.39, 0.29) is 0 Å². The van der Waals surface area contributed by atoms with E-state index >= 15 is 0 Å². The highest BCUT2D eigenvalue weighted by molar-refractivity contribution is 7.91. The van der Waals surface area contributed by atoms with Gasteiger partial charge in [0.25, 0.3) is 0 Å². The Kier molecular flexibility index (Phi) is 6.28. The van der Waals surface area contributed by atoms with E-state index in [1.165, 1.54) is 11.3 Å². The zero-order valence-corrected chi connectivity index (χ0v) is 12.6. The van der Waals surface area contributed by atoms with Crippen LogP contribution < -0.4 is 10.5 Å². The first-order chi connectivity index (χ1) is 8.53. The summed E-state index contributed by atoms with van der Waals surface area (Å²) in [4.78, 5) is 1.01. The average Bonchev–Trinajstić information content (AvgIpc) is 2.80. The molecule has 0 unspecified atom stereocenters. The van der Waals surface area contributed by atoms with Crippen LogP contribution in [-0.2, 0) is 16.4 Å². The molecule has 4 nitrogen and oxygen atoms in total. The van der Waals surface area contributed by atoms with E-state index in [9.17, 15) is 8.42 Å². The maximum atomic E-state index is 12.1. The average molecular weight is 290 g/mol. The van der Waals surface area contributed by atoms with Crippen molar-refractivity contribution >= 4 is 21.4 Å². The van der Waals surface area contributed by atoms with Crippen LogP contribution >= 0.6 is 11.3 Å². The second-order valence-corrected chi connectivity index (χ2v) is 7.46. The predicted molar refractivity (Wildman–Crippen MR) is 76.3 cm³/mol. The largest absolute Gasteiger partial charge is 0.330 e. The van der Waals surface area contributed by atoms with Gasteiger partial charge in [-0.3, -0.25) is 0 Å². The summed E-state index contributed by atoms with van der Waals surface area (Å²) in [6.07, 6.45) is 2.70. The lowest BCUT2D eigenvalue weighted by molar-refractivity contribution is 0.479. The van der Waals surface area contributed by atoms with Gasteiger partial charge in [0.1, 0.15) is 4.21 Å². The highest BCUT2D eigenvalue weighted by atomic mass is 32.2. The van der Waals surface area contributed by atoms with Crippen LogP contribution in [0.1, 0.15) is 31.6 Å². The fourth-order valence-electron chi connectivity index (χ4n) is 1.66. The van der Waals surface area contributed by atoms with Crippen molar-refractivity contribution in [3.63, 3.8) is 0 Å². The molecule has 0 saturated carbocycles. The molecule has 0 spiro atoms. The minimum Gasteiger partial charge on any atom is -0.330 e. The molecule has 0 atom stereocenters. The first-order valence-electron chi connectivity index (χ1n) is 6.31. The van der Waals surface area contributed by atoms with Crippen LogP contribution in [0.25, 0.3) is 0 Å². The number of hydrogen-bond acceptors (Lipinski definition) is 4. The van der Waals surface area contributed by atoms with E-state index in [1.807, 2.05) is 6.07 Å². The van der Waals surface area contributed by atoms with Gasteiger partial charge in [-0.15, -0.1) is 11.3 Å². The minimum absolute atomic E-state index is 0.386. The Balaban J connectivity index is 2.67. The van der Waals surface area contributed by atoms with Crippen molar-refractivity contribution in [2.45, 2.75) is 37.3 Å². The molecule has 1 aromatic rings. The van der Waals surface area contributed by atoms with Crippen molar-refractivity contribution in [1.82, 2.24) is 4.72 Å². The highest BCUT2D eigenvalue weighted by Crippen LogP contribution is 2.22. The molecular formula is C12H22N2O2S2. The predicted octanol–water partition coefficient (Wildman–Crippen LogP) is 1.96. The maximum absolute atomic E-state index is 12.1. The molecule has 1 heterocycles. The summed E-state index contributed by atoms with van der Waals surface area (Å²) in [5.41, 5.74) is 5.45. The Hall–Kier alpha value is -0.430. The second-order valence-electron chi connectivity index (χ2n) is 4.29. The van der Waals surface area contributed by atoms with Crippen molar-refractivity contribution in [2.75, 3.05) is 13.1 Å². The first-order valence-corrected chi connectivity index (χ1v) is 8.61. The number of thiophene rings is 1. The molecule has 0 aliphatic carbocycles. The van der Waals surface area contributed by atoms with Gasteiger partial charge in [-0.2, -0.15) is 0 Å².